The van der Waals surface area contributed by atoms with Gasteiger partial charge in [0.25, 0.3) is 5.56 Å². The Hall–Kier alpha value is -1.73. The summed E-state index contributed by atoms with van der Waals surface area (Å²) < 4.78 is 9.05. The molecule has 0 aromatic carbocycles. The molecule has 7 heteroatoms. The van der Waals surface area contributed by atoms with E-state index in [1.54, 1.807) is 23.9 Å². The van der Waals surface area contributed by atoms with Gasteiger partial charge in [0.15, 0.2) is 10.6 Å². The zero-order chi connectivity index (χ0) is 15.4. The van der Waals surface area contributed by atoms with Crippen molar-refractivity contribution in [1.82, 2.24) is 19.3 Å². The Morgan fingerprint density at radius 3 is 2.90 bits per heavy atom. The lowest BCUT2D eigenvalue weighted by Gasteiger charge is -2.10. The van der Waals surface area contributed by atoms with Crippen LogP contribution in [-0.4, -0.2) is 33.0 Å². The molecule has 2 aromatic rings. The van der Waals surface area contributed by atoms with Crippen molar-refractivity contribution in [2.45, 2.75) is 26.9 Å². The maximum atomic E-state index is 12.5. The van der Waals surface area contributed by atoms with Gasteiger partial charge in [-0.1, -0.05) is 13.8 Å². The summed E-state index contributed by atoms with van der Waals surface area (Å²) in [6.45, 7) is 5.92. The maximum absolute atomic E-state index is 12.5. The van der Waals surface area contributed by atoms with Crippen LogP contribution < -0.4 is 5.56 Å². The second-order valence-corrected chi connectivity index (χ2v) is 5.66. The van der Waals surface area contributed by atoms with Crippen LogP contribution in [0.4, 0.5) is 0 Å². The Morgan fingerprint density at radius 2 is 2.24 bits per heavy atom. The highest BCUT2D eigenvalue weighted by Crippen LogP contribution is 2.14. The molecule has 2 rings (SSSR count). The van der Waals surface area contributed by atoms with Crippen molar-refractivity contribution in [3.8, 4) is 11.4 Å². The number of ether oxygens (including phenoxy) is 1. The summed E-state index contributed by atoms with van der Waals surface area (Å²) in [6.07, 6.45) is 1.75. The van der Waals surface area contributed by atoms with Crippen LogP contribution in [0.5, 0.6) is 0 Å². The Balaban J connectivity index is 2.48. The highest BCUT2D eigenvalue weighted by atomic mass is 32.1. The van der Waals surface area contributed by atoms with Crippen molar-refractivity contribution in [3.05, 3.63) is 33.5 Å². The van der Waals surface area contributed by atoms with E-state index >= 15 is 0 Å². The number of hydrogen-bond acceptors (Lipinski definition) is 4. The van der Waals surface area contributed by atoms with Crippen molar-refractivity contribution >= 4 is 12.2 Å². The Labute approximate surface area is 128 Å². The average Bonchev–Trinajstić information content (AvgIpc) is 2.79. The zero-order valence-corrected chi connectivity index (χ0v) is 13.3. The van der Waals surface area contributed by atoms with Crippen molar-refractivity contribution in [2.75, 3.05) is 13.7 Å². The molecule has 2 heterocycles. The summed E-state index contributed by atoms with van der Waals surface area (Å²) in [4.78, 5) is 12.5. The fourth-order valence-corrected chi connectivity index (χ4v) is 2.34. The van der Waals surface area contributed by atoms with Crippen LogP contribution in [0.3, 0.4) is 0 Å². The summed E-state index contributed by atoms with van der Waals surface area (Å²) in [5, 5.41) is 7.00. The second kappa shape index (κ2) is 6.82. The number of aromatic nitrogens is 4. The molecule has 114 valence electrons. The van der Waals surface area contributed by atoms with Crippen LogP contribution >= 0.6 is 12.2 Å². The van der Waals surface area contributed by atoms with Gasteiger partial charge in [-0.15, -0.1) is 0 Å². The maximum Gasteiger partial charge on any atom is 0.261 e. The van der Waals surface area contributed by atoms with E-state index in [0.29, 0.717) is 35.2 Å². The molecule has 0 saturated heterocycles. The standard InChI is InChI=1S/C14H20N4O2S/c1-10(2)9-18-12(15-16-14(18)21)11-5-4-6-17(13(11)19)7-8-20-3/h4-6,10H,7-9H2,1-3H3,(H,16,21). The summed E-state index contributed by atoms with van der Waals surface area (Å²) >= 11 is 5.25. The lowest BCUT2D eigenvalue weighted by Crippen LogP contribution is -2.24. The Kier molecular flexibility index (Phi) is 5.08. The van der Waals surface area contributed by atoms with E-state index in [0.717, 1.165) is 6.54 Å². The smallest absolute Gasteiger partial charge is 0.261 e. The van der Waals surface area contributed by atoms with Crippen LogP contribution in [0.1, 0.15) is 13.8 Å². The number of pyridine rings is 1. The van der Waals surface area contributed by atoms with Gasteiger partial charge in [-0.2, -0.15) is 5.10 Å². The average molecular weight is 308 g/mol. The molecule has 0 atom stereocenters. The fraction of sp³-hybridized carbons (Fsp3) is 0.500. The van der Waals surface area contributed by atoms with E-state index in [2.05, 4.69) is 24.0 Å². The lowest BCUT2D eigenvalue weighted by molar-refractivity contribution is 0.186. The molecule has 21 heavy (non-hydrogen) atoms. The minimum Gasteiger partial charge on any atom is -0.383 e. The molecule has 0 radical (unpaired) electrons. The van der Waals surface area contributed by atoms with Crippen LogP contribution in [0, 0.1) is 10.7 Å². The van der Waals surface area contributed by atoms with E-state index in [1.165, 1.54) is 0 Å². The fourth-order valence-electron chi connectivity index (χ4n) is 2.13. The summed E-state index contributed by atoms with van der Waals surface area (Å²) in [6, 6.07) is 3.61. The highest BCUT2D eigenvalue weighted by Gasteiger charge is 2.14. The largest absolute Gasteiger partial charge is 0.383 e. The minimum atomic E-state index is -0.0893. The molecule has 2 aromatic heterocycles. The predicted octanol–water partition coefficient (Wildman–Crippen LogP) is 2.07. The third kappa shape index (κ3) is 3.48. The highest BCUT2D eigenvalue weighted by molar-refractivity contribution is 7.71. The molecule has 0 saturated carbocycles. The molecule has 0 unspecified atom stereocenters. The van der Waals surface area contributed by atoms with Gasteiger partial charge in [0, 0.05) is 26.4 Å². The number of nitrogens with one attached hydrogen (secondary N) is 1. The normalized spacial score (nSPS) is 11.2. The Morgan fingerprint density at radius 1 is 1.48 bits per heavy atom. The number of methoxy groups -OCH3 is 1. The molecule has 0 bridgehead atoms. The van der Waals surface area contributed by atoms with Crippen LogP contribution in [0.25, 0.3) is 11.4 Å². The van der Waals surface area contributed by atoms with Crippen LogP contribution in [-0.2, 0) is 17.8 Å². The van der Waals surface area contributed by atoms with Crippen molar-refractivity contribution in [3.63, 3.8) is 0 Å². The molecular formula is C14H20N4O2S. The van der Waals surface area contributed by atoms with E-state index < -0.39 is 0 Å². The van der Waals surface area contributed by atoms with Crippen LogP contribution in [0.2, 0.25) is 0 Å². The van der Waals surface area contributed by atoms with Crippen molar-refractivity contribution in [2.24, 2.45) is 5.92 Å². The van der Waals surface area contributed by atoms with Crippen molar-refractivity contribution < 1.29 is 4.74 Å². The Bertz CT molecular complexity index is 714. The van der Waals surface area contributed by atoms with Gasteiger partial charge in [0.05, 0.1) is 12.2 Å². The number of nitrogens with zero attached hydrogens (tertiary/aromatic N) is 3. The second-order valence-electron chi connectivity index (χ2n) is 5.27. The van der Waals surface area contributed by atoms with Crippen LogP contribution in [0.15, 0.2) is 23.1 Å². The molecule has 0 spiro atoms. The summed E-state index contributed by atoms with van der Waals surface area (Å²) in [5.41, 5.74) is 0.454. The summed E-state index contributed by atoms with van der Waals surface area (Å²) in [5.74, 6) is 0.998. The summed E-state index contributed by atoms with van der Waals surface area (Å²) in [7, 11) is 1.61. The first-order valence-corrected chi connectivity index (χ1v) is 7.29. The van der Waals surface area contributed by atoms with Gasteiger partial charge in [-0.3, -0.25) is 14.5 Å². The molecule has 0 amide bonds. The van der Waals surface area contributed by atoms with Gasteiger partial charge < -0.3 is 9.30 Å². The number of hydrogen-bond donors (Lipinski definition) is 1. The first kappa shape index (κ1) is 15.7. The van der Waals surface area contributed by atoms with Gasteiger partial charge in [0.2, 0.25) is 0 Å². The molecule has 0 aliphatic heterocycles. The lowest BCUT2D eigenvalue weighted by atomic mass is 10.2. The molecule has 6 nitrogen and oxygen atoms in total. The predicted molar refractivity (Wildman–Crippen MR) is 83.8 cm³/mol. The first-order valence-electron chi connectivity index (χ1n) is 6.88. The van der Waals surface area contributed by atoms with Gasteiger partial charge in [-0.05, 0) is 30.3 Å². The molecule has 0 aliphatic rings. The third-order valence-electron chi connectivity index (χ3n) is 3.10. The molecule has 0 aliphatic carbocycles. The molecule has 0 fully saturated rings. The number of H-pyrrole nitrogens is 1. The molecule has 1 N–H and O–H groups in total. The minimum absolute atomic E-state index is 0.0893. The quantitative estimate of drug-likeness (QED) is 0.830. The van der Waals surface area contributed by atoms with Gasteiger partial charge in [0.1, 0.15) is 0 Å². The number of aromatic amines is 1. The van der Waals surface area contributed by atoms with E-state index in [9.17, 15) is 4.79 Å². The first-order chi connectivity index (χ1) is 10.0. The van der Waals surface area contributed by atoms with E-state index in [1.807, 2.05) is 10.6 Å². The third-order valence-corrected chi connectivity index (χ3v) is 3.42. The van der Waals surface area contributed by atoms with E-state index in [4.69, 9.17) is 17.0 Å². The SMILES string of the molecule is COCCn1cccc(-c2n[nH]c(=S)n2CC(C)C)c1=O. The molecular weight excluding hydrogens is 288 g/mol. The number of rotatable bonds is 6. The topological polar surface area (TPSA) is 64.8 Å². The zero-order valence-electron chi connectivity index (χ0n) is 12.5. The van der Waals surface area contributed by atoms with Crippen molar-refractivity contribution in [1.29, 1.82) is 0 Å². The van der Waals surface area contributed by atoms with E-state index in [-0.39, 0.29) is 5.56 Å². The van der Waals surface area contributed by atoms with Gasteiger partial charge in [-0.25, -0.2) is 0 Å². The monoisotopic (exact) mass is 308 g/mol. The van der Waals surface area contributed by atoms with Gasteiger partial charge >= 0.3 is 0 Å².